The van der Waals surface area contributed by atoms with Crippen molar-refractivity contribution < 1.29 is 9.53 Å². The normalized spacial score (nSPS) is 10.9. The molecule has 0 bridgehead atoms. The van der Waals surface area contributed by atoms with E-state index in [1.54, 1.807) is 35.7 Å². The number of carbonyl (C=O) groups excluding carboxylic acids is 1. The van der Waals surface area contributed by atoms with Crippen LogP contribution in [0.3, 0.4) is 0 Å². The lowest BCUT2D eigenvalue weighted by atomic mass is 10.2. The Bertz CT molecular complexity index is 1070. The molecule has 8 nitrogen and oxygen atoms in total. The van der Waals surface area contributed by atoms with E-state index in [4.69, 9.17) is 27.9 Å². The van der Waals surface area contributed by atoms with Crippen molar-refractivity contribution in [2.75, 3.05) is 36.8 Å². The number of carbonyl (C=O) groups is 1. The first-order valence-electron chi connectivity index (χ1n) is 9.75. The number of ether oxygens (including phenoxy) is 1. The molecule has 0 saturated carbocycles. The number of halogens is 2. The molecule has 0 unspecified atom stereocenters. The summed E-state index contributed by atoms with van der Waals surface area (Å²) >= 11 is 11.8. The van der Waals surface area contributed by atoms with E-state index < -0.39 is 0 Å². The molecule has 0 radical (unpaired) electrons. The van der Waals surface area contributed by atoms with Crippen LogP contribution >= 0.6 is 23.2 Å². The van der Waals surface area contributed by atoms with E-state index in [9.17, 15) is 10.1 Å². The Labute approximate surface area is 190 Å². The van der Waals surface area contributed by atoms with Gasteiger partial charge in [0.15, 0.2) is 5.65 Å². The molecule has 0 amide bonds. The molecule has 0 spiro atoms. The lowest BCUT2D eigenvalue weighted by molar-refractivity contribution is 0.0526. The molecule has 1 N–H and O–H groups in total. The van der Waals surface area contributed by atoms with Crippen LogP contribution in [0, 0.1) is 11.3 Å². The fourth-order valence-corrected chi connectivity index (χ4v) is 3.53. The lowest BCUT2D eigenvalue weighted by Crippen LogP contribution is -2.28. The molecular weight excluding hydrogens is 439 g/mol. The van der Waals surface area contributed by atoms with Gasteiger partial charge in [-0.2, -0.15) is 14.9 Å². The van der Waals surface area contributed by atoms with E-state index >= 15 is 0 Å². The zero-order valence-electron chi connectivity index (χ0n) is 17.0. The topological polar surface area (TPSA) is 95.5 Å². The highest BCUT2D eigenvalue weighted by Gasteiger charge is 2.14. The van der Waals surface area contributed by atoms with Crippen LogP contribution in [0.15, 0.2) is 36.5 Å². The summed E-state index contributed by atoms with van der Waals surface area (Å²) in [5.74, 6) is 1.23. The van der Waals surface area contributed by atoms with Gasteiger partial charge in [-0.15, -0.1) is 23.2 Å². The van der Waals surface area contributed by atoms with Gasteiger partial charge >= 0.3 is 5.97 Å². The van der Waals surface area contributed by atoms with E-state index in [-0.39, 0.29) is 5.97 Å². The lowest BCUT2D eigenvalue weighted by Gasteiger charge is -2.20. The van der Waals surface area contributed by atoms with E-state index in [0.29, 0.717) is 60.6 Å². The van der Waals surface area contributed by atoms with Crippen molar-refractivity contribution in [2.24, 2.45) is 0 Å². The molecule has 2 heterocycles. The van der Waals surface area contributed by atoms with Crippen LogP contribution in [0.5, 0.6) is 0 Å². The van der Waals surface area contributed by atoms with Gasteiger partial charge in [-0.05, 0) is 31.2 Å². The second kappa shape index (κ2) is 11.0. The van der Waals surface area contributed by atoms with E-state index in [1.165, 1.54) is 6.20 Å². The summed E-state index contributed by atoms with van der Waals surface area (Å²) in [5.41, 5.74) is 2.81. The molecule has 3 aromatic rings. The molecule has 162 valence electrons. The molecule has 2 aromatic heterocycles. The Balaban J connectivity index is 1.92. The SMILES string of the molecule is CCOC(=O)c1ccc(Nc2cc(CN(CCCl)CCCl)nc3c(C#N)cnn23)cc1. The van der Waals surface area contributed by atoms with Crippen molar-refractivity contribution in [2.45, 2.75) is 13.5 Å². The number of alkyl halides is 2. The zero-order valence-corrected chi connectivity index (χ0v) is 18.5. The number of anilines is 2. The number of nitriles is 1. The summed E-state index contributed by atoms with van der Waals surface area (Å²) in [6.45, 7) is 3.96. The molecule has 0 fully saturated rings. The maximum absolute atomic E-state index is 11.9. The van der Waals surface area contributed by atoms with Crippen LogP contribution in [0.4, 0.5) is 11.5 Å². The van der Waals surface area contributed by atoms with Crippen molar-refractivity contribution >= 4 is 46.3 Å². The first kappa shape index (κ1) is 22.8. The van der Waals surface area contributed by atoms with Crippen molar-refractivity contribution in [3.8, 4) is 6.07 Å². The van der Waals surface area contributed by atoms with Gasteiger partial charge in [0, 0.05) is 43.1 Å². The summed E-state index contributed by atoms with van der Waals surface area (Å²) in [4.78, 5) is 18.6. The second-order valence-corrected chi connectivity index (χ2v) is 7.37. The number of aromatic nitrogens is 3. The second-order valence-electron chi connectivity index (χ2n) is 6.62. The van der Waals surface area contributed by atoms with Gasteiger partial charge < -0.3 is 10.1 Å². The third kappa shape index (κ3) is 5.64. The molecule has 31 heavy (non-hydrogen) atoms. The summed E-state index contributed by atoms with van der Waals surface area (Å²) < 4.78 is 6.59. The Morgan fingerprint density at radius 2 is 1.97 bits per heavy atom. The van der Waals surface area contributed by atoms with Crippen molar-refractivity contribution in [1.82, 2.24) is 19.5 Å². The fourth-order valence-electron chi connectivity index (χ4n) is 3.05. The number of hydrogen-bond acceptors (Lipinski definition) is 7. The maximum atomic E-state index is 11.9. The number of benzene rings is 1. The maximum Gasteiger partial charge on any atom is 0.338 e. The summed E-state index contributed by atoms with van der Waals surface area (Å²) in [7, 11) is 0. The molecule has 0 aliphatic heterocycles. The molecule has 10 heteroatoms. The molecule has 0 atom stereocenters. The monoisotopic (exact) mass is 460 g/mol. The molecule has 0 aliphatic rings. The Hall–Kier alpha value is -2.86. The highest BCUT2D eigenvalue weighted by molar-refractivity contribution is 6.18. The third-order valence-corrected chi connectivity index (χ3v) is 4.84. The zero-order chi connectivity index (χ0) is 22.2. The summed E-state index contributed by atoms with van der Waals surface area (Å²) in [6, 6.07) is 10.9. The smallest absolute Gasteiger partial charge is 0.338 e. The Kier molecular flexibility index (Phi) is 8.06. The molecule has 3 rings (SSSR count). The van der Waals surface area contributed by atoms with Crippen LogP contribution in [0.2, 0.25) is 0 Å². The number of fused-ring (bicyclic) bond motifs is 1. The average Bonchev–Trinajstić information content (AvgIpc) is 3.18. The van der Waals surface area contributed by atoms with Crippen molar-refractivity contribution in [1.29, 1.82) is 5.26 Å². The molecular formula is C21H22Cl2N6O2. The fraction of sp³-hybridized carbons (Fsp3) is 0.333. The predicted octanol–water partition coefficient (Wildman–Crippen LogP) is 3.80. The Morgan fingerprint density at radius 3 is 2.58 bits per heavy atom. The van der Waals surface area contributed by atoms with Crippen LogP contribution in [0.1, 0.15) is 28.5 Å². The molecule has 1 aromatic carbocycles. The van der Waals surface area contributed by atoms with Crippen molar-refractivity contribution in [3.05, 3.63) is 53.3 Å². The van der Waals surface area contributed by atoms with E-state index in [2.05, 4.69) is 26.4 Å². The van der Waals surface area contributed by atoms with Gasteiger partial charge in [-0.1, -0.05) is 0 Å². The average molecular weight is 461 g/mol. The Morgan fingerprint density at radius 1 is 1.26 bits per heavy atom. The van der Waals surface area contributed by atoms with E-state index in [1.807, 2.05) is 6.07 Å². The molecule has 0 saturated heterocycles. The number of rotatable bonds is 10. The summed E-state index contributed by atoms with van der Waals surface area (Å²) in [5, 5.41) is 17.0. The minimum absolute atomic E-state index is 0.321. The first-order valence-corrected chi connectivity index (χ1v) is 10.8. The number of nitrogens with one attached hydrogen (secondary N) is 1. The quantitative estimate of drug-likeness (QED) is 0.363. The van der Waals surface area contributed by atoms with Gasteiger partial charge in [-0.25, -0.2) is 9.78 Å². The minimum atomic E-state index is -0.368. The first-order chi connectivity index (χ1) is 15.1. The largest absolute Gasteiger partial charge is 0.462 e. The standard InChI is InChI=1S/C21H22Cl2N6O2/c1-2-31-21(30)15-3-5-17(6-4-15)26-19-11-18(14-28(9-7-22)10-8-23)27-20-16(12-24)13-25-29(19)20/h3-6,11,13,26H,2,7-10,14H2,1H3. The predicted molar refractivity (Wildman–Crippen MR) is 120 cm³/mol. The molecule has 0 aliphatic carbocycles. The van der Waals surface area contributed by atoms with Crippen LogP contribution in [0.25, 0.3) is 5.65 Å². The number of esters is 1. The third-order valence-electron chi connectivity index (χ3n) is 4.50. The highest BCUT2D eigenvalue weighted by atomic mass is 35.5. The van der Waals surface area contributed by atoms with Gasteiger partial charge in [-0.3, -0.25) is 4.90 Å². The van der Waals surface area contributed by atoms with Crippen molar-refractivity contribution in [3.63, 3.8) is 0 Å². The highest BCUT2D eigenvalue weighted by Crippen LogP contribution is 2.22. The number of nitrogens with zero attached hydrogens (tertiary/aromatic N) is 5. The van der Waals surface area contributed by atoms with Gasteiger partial charge in [0.1, 0.15) is 17.5 Å². The van der Waals surface area contributed by atoms with Gasteiger partial charge in [0.25, 0.3) is 0 Å². The van der Waals surface area contributed by atoms with Crippen LogP contribution in [-0.4, -0.2) is 56.9 Å². The van der Waals surface area contributed by atoms with E-state index in [0.717, 1.165) is 11.4 Å². The van der Waals surface area contributed by atoms with Crippen LogP contribution < -0.4 is 5.32 Å². The van der Waals surface area contributed by atoms with Crippen LogP contribution in [-0.2, 0) is 11.3 Å². The summed E-state index contributed by atoms with van der Waals surface area (Å²) in [6.07, 6.45) is 1.48. The minimum Gasteiger partial charge on any atom is -0.462 e. The van der Waals surface area contributed by atoms with Gasteiger partial charge in [0.2, 0.25) is 0 Å². The van der Waals surface area contributed by atoms with Gasteiger partial charge in [0.05, 0.1) is 24.1 Å². The number of hydrogen-bond donors (Lipinski definition) is 1.